The monoisotopic (exact) mass is 358 g/mol. The van der Waals surface area contributed by atoms with E-state index >= 15 is 0 Å². The Labute approximate surface area is 158 Å². The topological polar surface area (TPSA) is 43.1 Å². The van der Waals surface area contributed by atoms with Crippen molar-refractivity contribution in [2.24, 2.45) is 7.05 Å². The van der Waals surface area contributed by atoms with Gasteiger partial charge in [0.15, 0.2) is 0 Å². The summed E-state index contributed by atoms with van der Waals surface area (Å²) in [5.74, 6) is 0.758. The maximum atomic E-state index is 13.0. The first-order valence-electron chi connectivity index (χ1n) is 9.02. The van der Waals surface area contributed by atoms with Gasteiger partial charge in [-0.3, -0.25) is 9.48 Å². The second-order valence-electron chi connectivity index (χ2n) is 6.71. The summed E-state index contributed by atoms with van der Waals surface area (Å²) < 4.78 is 3.64. The molecule has 0 aliphatic heterocycles. The molecule has 0 aliphatic carbocycles. The van der Waals surface area contributed by atoms with Crippen LogP contribution in [0.2, 0.25) is 0 Å². The number of amides is 1. The Morgan fingerprint density at radius 2 is 1.78 bits per heavy atom. The van der Waals surface area contributed by atoms with Gasteiger partial charge in [0.2, 0.25) is 0 Å². The molecular weight excluding hydrogens is 336 g/mol. The molecule has 27 heavy (non-hydrogen) atoms. The van der Waals surface area contributed by atoms with Crippen molar-refractivity contribution < 1.29 is 4.79 Å². The van der Waals surface area contributed by atoms with Gasteiger partial charge in [-0.15, -0.1) is 0 Å². The molecule has 0 atom stereocenters. The number of rotatable bonds is 5. The lowest BCUT2D eigenvalue weighted by molar-refractivity contribution is 0.0796. The standard InChI is InChI=1S/C22H22N4O/c1-24(15-12-18-10-7-9-17-8-3-4-11-19(17)18)22(27)20-16-23-25(2)21(20)26-13-5-6-14-26/h3-11,13-14,16H,12,15H2,1-2H3. The van der Waals surface area contributed by atoms with E-state index in [1.54, 1.807) is 15.8 Å². The smallest absolute Gasteiger partial charge is 0.259 e. The first-order valence-corrected chi connectivity index (χ1v) is 9.02. The van der Waals surface area contributed by atoms with Crippen LogP contribution in [0.1, 0.15) is 15.9 Å². The Hall–Kier alpha value is -3.34. The average Bonchev–Trinajstić information content (AvgIpc) is 3.34. The van der Waals surface area contributed by atoms with Gasteiger partial charge in [-0.1, -0.05) is 42.5 Å². The molecule has 0 unspecified atom stereocenters. The first kappa shape index (κ1) is 17.1. The van der Waals surface area contributed by atoms with Gasteiger partial charge >= 0.3 is 0 Å². The lowest BCUT2D eigenvalue weighted by Gasteiger charge is -2.18. The molecule has 2 aromatic heterocycles. The van der Waals surface area contributed by atoms with Crippen molar-refractivity contribution in [3.63, 3.8) is 0 Å². The second kappa shape index (κ2) is 7.11. The second-order valence-corrected chi connectivity index (χ2v) is 6.71. The van der Waals surface area contributed by atoms with Crippen LogP contribution in [0.25, 0.3) is 16.6 Å². The van der Waals surface area contributed by atoms with Crippen molar-refractivity contribution in [2.45, 2.75) is 6.42 Å². The fourth-order valence-corrected chi connectivity index (χ4v) is 3.47. The Kier molecular flexibility index (Phi) is 4.50. The minimum absolute atomic E-state index is 0.0213. The van der Waals surface area contributed by atoms with Crippen LogP contribution in [-0.2, 0) is 13.5 Å². The summed E-state index contributed by atoms with van der Waals surface area (Å²) in [6, 6.07) is 18.6. The van der Waals surface area contributed by atoms with Gasteiger partial charge in [-0.05, 0) is 34.9 Å². The van der Waals surface area contributed by atoms with E-state index in [4.69, 9.17) is 0 Å². The van der Waals surface area contributed by atoms with Crippen molar-refractivity contribution >= 4 is 16.7 Å². The van der Waals surface area contributed by atoms with Gasteiger partial charge in [-0.2, -0.15) is 5.10 Å². The minimum Gasteiger partial charge on any atom is -0.341 e. The van der Waals surface area contributed by atoms with Gasteiger partial charge in [0.05, 0.1) is 6.20 Å². The molecule has 0 spiro atoms. The quantitative estimate of drug-likeness (QED) is 0.546. The van der Waals surface area contributed by atoms with Crippen molar-refractivity contribution in [3.8, 4) is 5.82 Å². The SMILES string of the molecule is CN(CCc1cccc2ccccc12)C(=O)c1cnn(C)c1-n1cccc1. The number of benzene rings is 2. The molecule has 4 rings (SSSR count). The van der Waals surface area contributed by atoms with E-state index in [1.165, 1.54) is 16.3 Å². The summed E-state index contributed by atoms with van der Waals surface area (Å²) in [5.41, 5.74) is 1.86. The molecule has 0 radical (unpaired) electrons. The third-order valence-corrected chi connectivity index (χ3v) is 4.93. The molecule has 2 heterocycles. The Morgan fingerprint density at radius 3 is 2.59 bits per heavy atom. The van der Waals surface area contributed by atoms with E-state index in [0.717, 1.165) is 12.2 Å². The predicted octanol–water partition coefficient (Wildman–Crippen LogP) is 3.68. The summed E-state index contributed by atoms with van der Waals surface area (Å²) in [6.45, 7) is 0.646. The highest BCUT2D eigenvalue weighted by Gasteiger charge is 2.20. The third kappa shape index (κ3) is 3.24. The van der Waals surface area contributed by atoms with Crippen LogP contribution >= 0.6 is 0 Å². The number of fused-ring (bicyclic) bond motifs is 1. The van der Waals surface area contributed by atoms with E-state index in [1.807, 2.05) is 49.3 Å². The Bertz CT molecular complexity index is 1070. The fraction of sp³-hybridized carbons (Fsp3) is 0.182. The molecule has 5 nitrogen and oxygen atoms in total. The molecule has 0 fully saturated rings. The van der Waals surface area contributed by atoms with Crippen LogP contribution in [0.15, 0.2) is 73.2 Å². The maximum absolute atomic E-state index is 13.0. The van der Waals surface area contributed by atoms with Crippen LogP contribution in [0.5, 0.6) is 0 Å². The summed E-state index contributed by atoms with van der Waals surface area (Å²) in [6.07, 6.45) is 6.29. The normalized spacial score (nSPS) is 11.0. The number of hydrogen-bond donors (Lipinski definition) is 0. The minimum atomic E-state index is -0.0213. The summed E-state index contributed by atoms with van der Waals surface area (Å²) in [7, 11) is 3.70. The number of hydrogen-bond acceptors (Lipinski definition) is 2. The van der Waals surface area contributed by atoms with Crippen molar-refractivity contribution in [2.75, 3.05) is 13.6 Å². The number of nitrogens with zero attached hydrogens (tertiary/aromatic N) is 4. The summed E-state index contributed by atoms with van der Waals surface area (Å²) in [5, 5.41) is 6.76. The van der Waals surface area contributed by atoms with Gasteiger partial charge in [-0.25, -0.2) is 0 Å². The van der Waals surface area contributed by atoms with Gasteiger partial charge in [0, 0.05) is 33.0 Å². The zero-order valence-corrected chi connectivity index (χ0v) is 15.5. The molecule has 5 heteroatoms. The lowest BCUT2D eigenvalue weighted by atomic mass is 10.0. The number of likely N-dealkylation sites (N-methyl/N-ethyl adjacent to an activating group) is 1. The van der Waals surface area contributed by atoms with Gasteiger partial charge < -0.3 is 9.47 Å². The van der Waals surface area contributed by atoms with Crippen LogP contribution in [0.3, 0.4) is 0 Å². The van der Waals surface area contributed by atoms with E-state index < -0.39 is 0 Å². The third-order valence-electron chi connectivity index (χ3n) is 4.93. The molecule has 2 aromatic carbocycles. The number of aromatic nitrogens is 3. The van der Waals surface area contributed by atoms with E-state index in [0.29, 0.717) is 12.1 Å². The van der Waals surface area contributed by atoms with Crippen LogP contribution in [-0.4, -0.2) is 38.7 Å². The predicted molar refractivity (Wildman–Crippen MR) is 107 cm³/mol. The van der Waals surface area contributed by atoms with E-state index in [2.05, 4.69) is 41.5 Å². The van der Waals surface area contributed by atoms with Crippen molar-refractivity contribution in [3.05, 3.63) is 84.3 Å². The average molecular weight is 358 g/mol. The van der Waals surface area contributed by atoms with Gasteiger partial charge in [0.25, 0.3) is 5.91 Å². The lowest BCUT2D eigenvalue weighted by Crippen LogP contribution is -2.29. The van der Waals surface area contributed by atoms with E-state index in [-0.39, 0.29) is 5.91 Å². The molecule has 4 aromatic rings. The van der Waals surface area contributed by atoms with Crippen LogP contribution in [0.4, 0.5) is 0 Å². The van der Waals surface area contributed by atoms with Crippen LogP contribution in [0, 0.1) is 0 Å². The molecule has 0 bridgehead atoms. The van der Waals surface area contributed by atoms with Gasteiger partial charge in [0.1, 0.15) is 11.4 Å². The summed E-state index contributed by atoms with van der Waals surface area (Å²) >= 11 is 0. The van der Waals surface area contributed by atoms with E-state index in [9.17, 15) is 4.79 Å². The molecule has 0 N–H and O–H groups in total. The highest BCUT2D eigenvalue weighted by molar-refractivity contribution is 5.97. The summed E-state index contributed by atoms with van der Waals surface area (Å²) in [4.78, 5) is 14.8. The number of aryl methyl sites for hydroxylation is 1. The highest BCUT2D eigenvalue weighted by Crippen LogP contribution is 2.20. The molecule has 0 saturated heterocycles. The number of carbonyl (C=O) groups excluding carboxylic acids is 1. The Balaban J connectivity index is 1.54. The molecular formula is C22H22N4O. The van der Waals surface area contributed by atoms with Crippen molar-refractivity contribution in [1.82, 2.24) is 19.2 Å². The Morgan fingerprint density at radius 1 is 1.04 bits per heavy atom. The van der Waals surface area contributed by atoms with Crippen LogP contribution < -0.4 is 0 Å². The first-order chi connectivity index (χ1) is 13.1. The molecule has 1 amide bonds. The zero-order chi connectivity index (χ0) is 18.8. The largest absolute Gasteiger partial charge is 0.341 e. The molecule has 0 saturated carbocycles. The number of carbonyl (C=O) groups is 1. The highest BCUT2D eigenvalue weighted by atomic mass is 16.2. The van der Waals surface area contributed by atoms with Crippen molar-refractivity contribution in [1.29, 1.82) is 0 Å². The molecule has 136 valence electrons. The maximum Gasteiger partial charge on any atom is 0.259 e. The fourth-order valence-electron chi connectivity index (χ4n) is 3.47. The molecule has 0 aliphatic rings. The zero-order valence-electron chi connectivity index (χ0n) is 15.5.